The molecule has 16 heavy (non-hydrogen) atoms. The molecule has 0 bridgehead atoms. The highest BCUT2D eigenvalue weighted by Gasteiger charge is 2.16. The van der Waals surface area contributed by atoms with Crippen LogP contribution in [-0.2, 0) is 0 Å². The number of rotatable bonds is 1. The minimum atomic E-state index is 0.677. The van der Waals surface area contributed by atoms with Crippen molar-refractivity contribution in [1.29, 1.82) is 0 Å². The normalized spacial score (nSPS) is 19.5. The molecule has 1 heterocycles. The summed E-state index contributed by atoms with van der Waals surface area (Å²) in [5, 5.41) is 3.43. The van der Waals surface area contributed by atoms with E-state index in [-0.39, 0.29) is 0 Å². The van der Waals surface area contributed by atoms with Crippen molar-refractivity contribution in [3.63, 3.8) is 0 Å². The van der Waals surface area contributed by atoms with Gasteiger partial charge in [0.25, 0.3) is 0 Å². The number of hydrogen-bond donors (Lipinski definition) is 1. The summed E-state index contributed by atoms with van der Waals surface area (Å²) in [5.41, 5.74) is 0. The molecule has 0 radical (unpaired) electrons. The van der Waals surface area contributed by atoms with E-state index in [2.05, 4.69) is 31.0 Å². The smallest absolute Gasteiger partial charge is 0.0167 e. The third kappa shape index (κ3) is 12.0. The molecule has 2 nitrogen and oxygen atoms in total. The average molecular weight is 232 g/mol. The Hall–Kier alpha value is -0.0800. The SMILES string of the molecule is CC.CC.CC.CC1CN(C(C)C)CCN1. The van der Waals surface area contributed by atoms with Gasteiger partial charge in [0, 0.05) is 31.7 Å². The number of hydrogen-bond acceptors (Lipinski definition) is 2. The first-order valence-corrected chi connectivity index (χ1v) is 7.17. The molecule has 2 heteroatoms. The molecular weight excluding hydrogens is 196 g/mol. The predicted molar refractivity (Wildman–Crippen MR) is 78.2 cm³/mol. The van der Waals surface area contributed by atoms with Gasteiger partial charge in [-0.2, -0.15) is 0 Å². The van der Waals surface area contributed by atoms with Gasteiger partial charge in [0.1, 0.15) is 0 Å². The van der Waals surface area contributed by atoms with Gasteiger partial charge in [-0.3, -0.25) is 4.90 Å². The predicted octanol–water partition coefficient (Wildman–Crippen LogP) is 3.77. The summed E-state index contributed by atoms with van der Waals surface area (Å²) in [7, 11) is 0. The van der Waals surface area contributed by atoms with Gasteiger partial charge in [0.15, 0.2) is 0 Å². The second kappa shape index (κ2) is 17.3. The molecular formula is C14H36N2. The molecule has 0 amide bonds. The van der Waals surface area contributed by atoms with Crippen LogP contribution in [-0.4, -0.2) is 36.6 Å². The summed E-state index contributed by atoms with van der Waals surface area (Å²) in [4.78, 5) is 2.52. The zero-order valence-electron chi connectivity index (χ0n) is 13.2. The van der Waals surface area contributed by atoms with Crippen molar-refractivity contribution in [1.82, 2.24) is 10.2 Å². The Morgan fingerprint density at radius 2 is 1.44 bits per heavy atom. The van der Waals surface area contributed by atoms with Crippen molar-refractivity contribution < 1.29 is 0 Å². The van der Waals surface area contributed by atoms with Crippen LogP contribution in [0.15, 0.2) is 0 Å². The minimum absolute atomic E-state index is 0.677. The third-order valence-electron chi connectivity index (χ3n) is 2.13. The van der Waals surface area contributed by atoms with Crippen LogP contribution in [0.5, 0.6) is 0 Å². The van der Waals surface area contributed by atoms with E-state index in [9.17, 15) is 0 Å². The lowest BCUT2D eigenvalue weighted by molar-refractivity contribution is 0.168. The topological polar surface area (TPSA) is 15.3 Å². The van der Waals surface area contributed by atoms with Crippen LogP contribution in [0.4, 0.5) is 0 Å². The zero-order valence-corrected chi connectivity index (χ0v) is 13.2. The summed E-state index contributed by atoms with van der Waals surface area (Å²) in [5.74, 6) is 0. The van der Waals surface area contributed by atoms with Crippen LogP contribution in [0.3, 0.4) is 0 Å². The number of nitrogens with one attached hydrogen (secondary N) is 1. The van der Waals surface area contributed by atoms with Crippen LogP contribution in [0.25, 0.3) is 0 Å². The van der Waals surface area contributed by atoms with Crippen molar-refractivity contribution in [2.45, 2.75) is 74.4 Å². The monoisotopic (exact) mass is 232 g/mol. The Morgan fingerprint density at radius 1 is 1.00 bits per heavy atom. The first kappa shape index (κ1) is 21.2. The van der Waals surface area contributed by atoms with Gasteiger partial charge < -0.3 is 5.32 Å². The van der Waals surface area contributed by atoms with E-state index in [0.29, 0.717) is 12.1 Å². The molecule has 0 aromatic carbocycles. The molecule has 0 aromatic rings. The minimum Gasteiger partial charge on any atom is -0.312 e. The van der Waals surface area contributed by atoms with Crippen molar-refractivity contribution >= 4 is 0 Å². The highest BCUT2D eigenvalue weighted by molar-refractivity contribution is 4.76. The van der Waals surface area contributed by atoms with E-state index in [0.717, 1.165) is 6.54 Å². The van der Waals surface area contributed by atoms with Crippen LogP contribution < -0.4 is 5.32 Å². The van der Waals surface area contributed by atoms with Gasteiger partial charge in [-0.25, -0.2) is 0 Å². The van der Waals surface area contributed by atoms with Gasteiger partial charge >= 0.3 is 0 Å². The lowest BCUT2D eigenvalue weighted by atomic mass is 10.2. The first-order valence-electron chi connectivity index (χ1n) is 7.17. The van der Waals surface area contributed by atoms with E-state index in [1.807, 2.05) is 41.5 Å². The second-order valence-corrected chi connectivity index (χ2v) is 3.44. The summed E-state index contributed by atoms with van der Waals surface area (Å²) in [6.45, 7) is 22.3. The summed E-state index contributed by atoms with van der Waals surface area (Å²) in [6.07, 6.45) is 0. The highest BCUT2D eigenvalue weighted by Crippen LogP contribution is 2.02. The van der Waals surface area contributed by atoms with Crippen molar-refractivity contribution in [3.05, 3.63) is 0 Å². The molecule has 1 aliphatic rings. The molecule has 0 aliphatic carbocycles. The quantitative estimate of drug-likeness (QED) is 0.740. The summed E-state index contributed by atoms with van der Waals surface area (Å²) >= 11 is 0. The van der Waals surface area contributed by atoms with Crippen LogP contribution >= 0.6 is 0 Å². The maximum absolute atomic E-state index is 3.43. The second-order valence-electron chi connectivity index (χ2n) is 3.44. The van der Waals surface area contributed by atoms with E-state index in [1.165, 1.54) is 13.1 Å². The molecule has 102 valence electrons. The van der Waals surface area contributed by atoms with Crippen molar-refractivity contribution in [2.75, 3.05) is 19.6 Å². The molecule has 1 unspecified atom stereocenters. The van der Waals surface area contributed by atoms with Crippen LogP contribution in [0.1, 0.15) is 62.3 Å². The molecule has 0 aromatic heterocycles. The Morgan fingerprint density at radius 3 is 1.69 bits per heavy atom. The van der Waals surface area contributed by atoms with E-state index >= 15 is 0 Å². The van der Waals surface area contributed by atoms with Gasteiger partial charge in [-0.15, -0.1) is 0 Å². The number of piperazine rings is 1. The molecule has 0 saturated carbocycles. The van der Waals surface area contributed by atoms with Gasteiger partial charge in [0.2, 0.25) is 0 Å². The fourth-order valence-corrected chi connectivity index (χ4v) is 1.43. The molecule has 1 saturated heterocycles. The average Bonchev–Trinajstić information content (AvgIpc) is 2.36. The molecule has 1 atom stereocenters. The maximum atomic E-state index is 3.43. The van der Waals surface area contributed by atoms with E-state index in [1.54, 1.807) is 0 Å². The van der Waals surface area contributed by atoms with E-state index < -0.39 is 0 Å². The van der Waals surface area contributed by atoms with Gasteiger partial charge in [-0.1, -0.05) is 41.5 Å². The fraction of sp³-hybridized carbons (Fsp3) is 1.00. The Balaban J connectivity index is -0.000000245. The van der Waals surface area contributed by atoms with Crippen molar-refractivity contribution in [2.24, 2.45) is 0 Å². The van der Waals surface area contributed by atoms with Gasteiger partial charge in [0.05, 0.1) is 0 Å². The lowest BCUT2D eigenvalue weighted by Crippen LogP contribution is -2.51. The van der Waals surface area contributed by atoms with E-state index in [4.69, 9.17) is 0 Å². The van der Waals surface area contributed by atoms with Crippen molar-refractivity contribution in [3.8, 4) is 0 Å². The zero-order chi connectivity index (χ0) is 13.6. The number of nitrogens with zero attached hydrogens (tertiary/aromatic N) is 1. The molecule has 1 aliphatic heterocycles. The van der Waals surface area contributed by atoms with Gasteiger partial charge in [-0.05, 0) is 20.8 Å². The fourth-order valence-electron chi connectivity index (χ4n) is 1.43. The lowest BCUT2D eigenvalue weighted by Gasteiger charge is -2.34. The van der Waals surface area contributed by atoms with Crippen LogP contribution in [0, 0.1) is 0 Å². The third-order valence-corrected chi connectivity index (χ3v) is 2.13. The Kier molecular flexibility index (Phi) is 23.0. The molecule has 1 fully saturated rings. The molecule has 1 N–H and O–H groups in total. The largest absolute Gasteiger partial charge is 0.312 e. The highest BCUT2D eigenvalue weighted by atomic mass is 15.2. The standard InChI is InChI=1S/C8H18N2.3C2H6/c1-7(2)10-5-4-9-8(3)6-10;3*1-2/h7-9H,4-6H2,1-3H3;3*1-2H3. The molecule has 1 rings (SSSR count). The molecule has 0 spiro atoms. The summed E-state index contributed by atoms with van der Waals surface area (Å²) < 4.78 is 0. The van der Waals surface area contributed by atoms with Crippen LogP contribution in [0.2, 0.25) is 0 Å². The maximum Gasteiger partial charge on any atom is 0.0167 e. The summed E-state index contributed by atoms with van der Waals surface area (Å²) in [6, 6.07) is 1.39. The first-order chi connectivity index (χ1) is 7.70. The Bertz CT molecular complexity index is 103. The Labute approximate surface area is 105 Å².